The molecule has 0 unspecified atom stereocenters. The molecule has 5 heterocycles. The lowest BCUT2D eigenvalue weighted by Crippen LogP contribution is -2.04. The molecule has 5 heteroatoms. The summed E-state index contributed by atoms with van der Waals surface area (Å²) in [5.41, 5.74) is 10.3. The molecule has 0 fully saturated rings. The quantitative estimate of drug-likeness (QED) is 0.172. The molecule has 0 aliphatic carbocycles. The zero-order valence-electron chi connectivity index (χ0n) is 28.2. The van der Waals surface area contributed by atoms with Crippen LogP contribution in [0.5, 0.6) is 0 Å². The van der Waals surface area contributed by atoms with Gasteiger partial charge in [0.25, 0.3) is 0 Å². The lowest BCUT2D eigenvalue weighted by atomic mass is 10.0. The van der Waals surface area contributed by atoms with Crippen molar-refractivity contribution < 1.29 is 4.42 Å². The van der Waals surface area contributed by atoms with Gasteiger partial charge in [0.1, 0.15) is 11.2 Å². The van der Waals surface area contributed by atoms with Crippen LogP contribution in [0.2, 0.25) is 0 Å². The SMILES string of the molecule is c1ccc(-c2nc(-n3c4cccc5c6cccc7c8c9oc%10ccccc%10c9ccc8n(c8cccc3c8c54)c67)nc3ccc4ccccc4c23)cc1. The molecular weight excluding hydrogens is 649 g/mol. The van der Waals surface area contributed by atoms with E-state index in [1.807, 2.05) is 6.07 Å². The van der Waals surface area contributed by atoms with Gasteiger partial charge in [-0.3, -0.25) is 4.57 Å². The smallest absolute Gasteiger partial charge is 0.235 e. The summed E-state index contributed by atoms with van der Waals surface area (Å²) in [6.45, 7) is 0. The van der Waals surface area contributed by atoms with Crippen molar-refractivity contribution in [1.29, 1.82) is 0 Å². The van der Waals surface area contributed by atoms with Gasteiger partial charge in [0.15, 0.2) is 0 Å². The Morgan fingerprint density at radius 1 is 0.415 bits per heavy atom. The van der Waals surface area contributed by atoms with E-state index < -0.39 is 0 Å². The molecule has 53 heavy (non-hydrogen) atoms. The third kappa shape index (κ3) is 3.42. The van der Waals surface area contributed by atoms with Crippen LogP contribution in [0.4, 0.5) is 0 Å². The minimum absolute atomic E-state index is 0.654. The molecule has 13 rings (SSSR count). The summed E-state index contributed by atoms with van der Waals surface area (Å²) in [5, 5.41) is 12.8. The number of hydrogen-bond acceptors (Lipinski definition) is 3. The molecule has 0 N–H and O–H groups in total. The Kier molecular flexibility index (Phi) is 5.06. The number of nitrogens with zero attached hydrogens (tertiary/aromatic N) is 4. The maximum atomic E-state index is 6.66. The van der Waals surface area contributed by atoms with Crippen LogP contribution in [-0.2, 0) is 0 Å². The Hall–Kier alpha value is -7.24. The topological polar surface area (TPSA) is 48.3 Å². The molecule has 5 aromatic heterocycles. The monoisotopic (exact) mass is 674 g/mol. The van der Waals surface area contributed by atoms with E-state index in [1.165, 1.54) is 37.8 Å². The third-order valence-electron chi connectivity index (χ3n) is 11.4. The normalized spacial score (nSPS) is 12.5. The molecule has 0 saturated carbocycles. The predicted octanol–water partition coefficient (Wildman–Crippen LogP) is 12.6. The summed E-state index contributed by atoms with van der Waals surface area (Å²) >= 11 is 0. The number of benzene rings is 8. The fourth-order valence-electron chi connectivity index (χ4n) is 9.31. The first-order valence-corrected chi connectivity index (χ1v) is 18.0. The summed E-state index contributed by atoms with van der Waals surface area (Å²) in [5.74, 6) is 0.654. The highest BCUT2D eigenvalue weighted by Crippen LogP contribution is 2.46. The molecule has 0 saturated heterocycles. The minimum atomic E-state index is 0.654. The summed E-state index contributed by atoms with van der Waals surface area (Å²) in [7, 11) is 0. The van der Waals surface area contributed by atoms with E-state index in [0.29, 0.717) is 5.95 Å². The Morgan fingerprint density at radius 2 is 1.11 bits per heavy atom. The fourth-order valence-corrected chi connectivity index (χ4v) is 9.31. The third-order valence-corrected chi connectivity index (χ3v) is 11.4. The summed E-state index contributed by atoms with van der Waals surface area (Å²) in [6, 6.07) is 56.2. The van der Waals surface area contributed by atoms with Gasteiger partial charge in [0.2, 0.25) is 5.95 Å². The lowest BCUT2D eigenvalue weighted by Gasteiger charge is -2.13. The Bertz CT molecular complexity index is 3680. The van der Waals surface area contributed by atoms with E-state index in [0.717, 1.165) is 76.9 Å². The van der Waals surface area contributed by atoms with Crippen LogP contribution in [0.3, 0.4) is 0 Å². The Balaban J connectivity index is 1.22. The molecule has 244 valence electrons. The van der Waals surface area contributed by atoms with Crippen molar-refractivity contribution >= 4 is 104 Å². The molecule has 13 aromatic rings. The van der Waals surface area contributed by atoms with Gasteiger partial charge in [0, 0.05) is 43.3 Å². The predicted molar refractivity (Wildman–Crippen MR) is 219 cm³/mol. The summed E-state index contributed by atoms with van der Waals surface area (Å²) in [4.78, 5) is 10.8. The van der Waals surface area contributed by atoms with Gasteiger partial charge in [-0.1, -0.05) is 115 Å². The molecule has 5 nitrogen and oxygen atoms in total. The van der Waals surface area contributed by atoms with Crippen molar-refractivity contribution in [3.63, 3.8) is 0 Å². The van der Waals surface area contributed by atoms with E-state index in [4.69, 9.17) is 14.4 Å². The second kappa shape index (κ2) is 9.75. The van der Waals surface area contributed by atoms with Gasteiger partial charge in [0.05, 0.1) is 44.2 Å². The van der Waals surface area contributed by atoms with Crippen LogP contribution in [0.25, 0.3) is 121 Å². The number of aromatic nitrogens is 4. The van der Waals surface area contributed by atoms with Crippen molar-refractivity contribution in [3.8, 4) is 17.2 Å². The van der Waals surface area contributed by atoms with Crippen LogP contribution in [0.15, 0.2) is 162 Å². The highest BCUT2D eigenvalue weighted by molar-refractivity contribution is 6.33. The standard InChI is InChI=1S/C48H26N4O/c1-2-12-28(13-3-1)45-41-29-14-5-4-11-27(29)23-25-35(41)49-48(50-45)52-36-19-9-16-31-32-17-8-18-34-43-39(26-24-33-30-15-6-7-22-40(30)53-47(33)43)51(46(32)34)37-20-10-21-38(52)44(37)42(31)36/h1-26H. The van der Waals surface area contributed by atoms with Crippen molar-refractivity contribution in [3.05, 3.63) is 158 Å². The maximum absolute atomic E-state index is 6.66. The van der Waals surface area contributed by atoms with Crippen LogP contribution in [0, 0.1) is 0 Å². The van der Waals surface area contributed by atoms with Gasteiger partial charge in [-0.2, -0.15) is 0 Å². The fraction of sp³-hybridized carbons (Fsp3) is 0. The molecule has 0 aliphatic heterocycles. The van der Waals surface area contributed by atoms with Crippen molar-refractivity contribution in [2.75, 3.05) is 0 Å². The highest BCUT2D eigenvalue weighted by Gasteiger charge is 2.25. The number of para-hydroxylation sites is 2. The second-order valence-electron chi connectivity index (χ2n) is 14.1. The van der Waals surface area contributed by atoms with E-state index in [9.17, 15) is 0 Å². The van der Waals surface area contributed by atoms with E-state index >= 15 is 0 Å². The van der Waals surface area contributed by atoms with Crippen molar-refractivity contribution in [2.45, 2.75) is 0 Å². The zero-order chi connectivity index (χ0) is 34.4. The molecule has 0 bridgehead atoms. The summed E-state index contributed by atoms with van der Waals surface area (Å²) < 4.78 is 11.4. The van der Waals surface area contributed by atoms with Gasteiger partial charge >= 0.3 is 0 Å². The largest absolute Gasteiger partial charge is 0.455 e. The van der Waals surface area contributed by atoms with Crippen molar-refractivity contribution in [1.82, 2.24) is 18.9 Å². The molecular formula is C48H26N4O. The number of fused-ring (bicyclic) bond motifs is 12. The molecule has 0 radical (unpaired) electrons. The van der Waals surface area contributed by atoms with E-state index in [2.05, 4.69) is 161 Å². The number of rotatable bonds is 2. The average molecular weight is 675 g/mol. The molecule has 0 atom stereocenters. The molecule has 8 aromatic carbocycles. The van der Waals surface area contributed by atoms with Gasteiger partial charge < -0.3 is 8.82 Å². The van der Waals surface area contributed by atoms with Crippen molar-refractivity contribution in [2.24, 2.45) is 0 Å². The first kappa shape index (κ1) is 27.5. The molecule has 0 spiro atoms. The van der Waals surface area contributed by atoms with Crippen LogP contribution >= 0.6 is 0 Å². The molecule has 0 amide bonds. The first-order valence-electron chi connectivity index (χ1n) is 18.0. The Morgan fingerprint density at radius 3 is 2.04 bits per heavy atom. The lowest BCUT2D eigenvalue weighted by molar-refractivity contribution is 0.673. The van der Waals surface area contributed by atoms with E-state index in [1.54, 1.807) is 0 Å². The van der Waals surface area contributed by atoms with Crippen LogP contribution < -0.4 is 0 Å². The van der Waals surface area contributed by atoms with Crippen LogP contribution in [-0.4, -0.2) is 18.9 Å². The van der Waals surface area contributed by atoms with Crippen LogP contribution in [0.1, 0.15) is 0 Å². The first-order chi connectivity index (χ1) is 26.3. The maximum Gasteiger partial charge on any atom is 0.235 e. The van der Waals surface area contributed by atoms with E-state index in [-0.39, 0.29) is 0 Å². The zero-order valence-corrected chi connectivity index (χ0v) is 28.2. The number of hydrogen-bond donors (Lipinski definition) is 0. The molecule has 0 aliphatic rings. The van der Waals surface area contributed by atoms with Gasteiger partial charge in [-0.05, 0) is 58.6 Å². The second-order valence-corrected chi connectivity index (χ2v) is 14.1. The summed E-state index contributed by atoms with van der Waals surface area (Å²) in [6.07, 6.45) is 0. The average Bonchev–Trinajstić information content (AvgIpc) is 3.85. The minimum Gasteiger partial charge on any atom is -0.455 e. The van der Waals surface area contributed by atoms with Gasteiger partial charge in [-0.25, -0.2) is 9.97 Å². The highest BCUT2D eigenvalue weighted by atomic mass is 16.3. The van der Waals surface area contributed by atoms with Gasteiger partial charge in [-0.15, -0.1) is 0 Å². The Labute approximate surface area is 300 Å². The number of furan rings is 1.